The van der Waals surface area contributed by atoms with Gasteiger partial charge >= 0.3 is 17.9 Å². The van der Waals surface area contributed by atoms with Crippen molar-refractivity contribution in [3.05, 3.63) is 85.1 Å². The van der Waals surface area contributed by atoms with Gasteiger partial charge in [0.05, 0.1) is 0 Å². The van der Waals surface area contributed by atoms with Crippen LogP contribution in [0.1, 0.15) is 239 Å². The van der Waals surface area contributed by atoms with Gasteiger partial charge < -0.3 is 14.2 Å². The van der Waals surface area contributed by atoms with E-state index < -0.39 is 6.10 Å². The summed E-state index contributed by atoms with van der Waals surface area (Å²) in [5.74, 6) is -0.912. The number of carbonyl (C=O) groups excluding carboxylic acids is 3. The molecule has 0 N–H and O–H groups in total. The molecule has 0 spiro atoms. The van der Waals surface area contributed by atoms with Crippen LogP contribution in [-0.4, -0.2) is 37.2 Å². The monoisotopic (exact) mass is 877 g/mol. The Morgan fingerprint density at radius 1 is 0.333 bits per heavy atom. The predicted molar refractivity (Wildman–Crippen MR) is 270 cm³/mol. The summed E-state index contributed by atoms with van der Waals surface area (Å²) in [6.45, 7) is 6.38. The fourth-order valence-corrected chi connectivity index (χ4v) is 6.95. The summed E-state index contributed by atoms with van der Waals surface area (Å²) in [5, 5.41) is 0. The molecule has 0 aromatic rings. The third-order valence-corrected chi connectivity index (χ3v) is 10.9. The average molecular weight is 877 g/mol. The number of unbranched alkanes of at least 4 members (excludes halogenated alkanes) is 21. The molecule has 1 atom stereocenters. The van der Waals surface area contributed by atoms with Crippen LogP contribution in [0, 0.1) is 0 Å². The van der Waals surface area contributed by atoms with Crippen LogP contribution in [0.2, 0.25) is 0 Å². The molecule has 0 aliphatic rings. The van der Waals surface area contributed by atoms with Crippen LogP contribution in [0.25, 0.3) is 0 Å². The Balaban J connectivity index is 4.04. The Morgan fingerprint density at radius 3 is 1.03 bits per heavy atom. The Kier molecular flexibility index (Phi) is 48.5. The zero-order valence-corrected chi connectivity index (χ0v) is 41.1. The smallest absolute Gasteiger partial charge is 0.306 e. The van der Waals surface area contributed by atoms with E-state index in [0.717, 1.165) is 116 Å². The van der Waals surface area contributed by atoms with Crippen LogP contribution >= 0.6 is 0 Å². The number of hydrogen-bond donors (Lipinski definition) is 0. The highest BCUT2D eigenvalue weighted by molar-refractivity contribution is 5.71. The molecule has 0 saturated heterocycles. The van der Waals surface area contributed by atoms with Gasteiger partial charge in [-0.2, -0.15) is 0 Å². The third kappa shape index (κ3) is 49.5. The van der Waals surface area contributed by atoms with Crippen molar-refractivity contribution in [3.8, 4) is 0 Å². The molecule has 0 aromatic carbocycles. The number of esters is 3. The summed E-state index contributed by atoms with van der Waals surface area (Å²) in [6, 6.07) is 0. The first-order valence-electron chi connectivity index (χ1n) is 26.1. The Hall–Kier alpha value is -3.41. The summed E-state index contributed by atoms with van der Waals surface area (Å²) in [5.41, 5.74) is 0. The van der Waals surface area contributed by atoms with E-state index in [4.69, 9.17) is 14.2 Å². The molecule has 6 nitrogen and oxygen atoms in total. The molecular weight excluding hydrogens is 781 g/mol. The first-order chi connectivity index (χ1) is 31.0. The maximum Gasteiger partial charge on any atom is 0.306 e. The van der Waals surface area contributed by atoms with E-state index in [2.05, 4.69) is 106 Å². The Labute approximate surface area is 388 Å². The molecule has 63 heavy (non-hydrogen) atoms. The quantitative estimate of drug-likeness (QED) is 0.0262. The molecule has 0 aromatic heterocycles. The Bertz CT molecular complexity index is 1240. The fourth-order valence-electron chi connectivity index (χ4n) is 6.95. The second-order valence-corrected chi connectivity index (χ2v) is 17.1. The number of hydrogen-bond acceptors (Lipinski definition) is 6. The van der Waals surface area contributed by atoms with Crippen LogP contribution in [-0.2, 0) is 28.6 Å². The highest BCUT2D eigenvalue weighted by atomic mass is 16.6. The van der Waals surface area contributed by atoms with Gasteiger partial charge in [-0.25, -0.2) is 0 Å². The summed E-state index contributed by atoms with van der Waals surface area (Å²) in [6.07, 6.45) is 66.2. The van der Waals surface area contributed by atoms with Crippen molar-refractivity contribution in [2.75, 3.05) is 13.2 Å². The number of allylic oxidation sites excluding steroid dienone is 14. The van der Waals surface area contributed by atoms with Gasteiger partial charge in [0.2, 0.25) is 0 Å². The van der Waals surface area contributed by atoms with Crippen LogP contribution in [0.3, 0.4) is 0 Å². The van der Waals surface area contributed by atoms with Crippen LogP contribution in [0.4, 0.5) is 0 Å². The van der Waals surface area contributed by atoms with Crippen molar-refractivity contribution in [3.63, 3.8) is 0 Å². The fraction of sp³-hybridized carbons (Fsp3) is 0.702. The molecule has 1 unspecified atom stereocenters. The van der Waals surface area contributed by atoms with Crippen molar-refractivity contribution >= 4 is 17.9 Å². The van der Waals surface area contributed by atoms with E-state index in [1.165, 1.54) is 83.5 Å². The largest absolute Gasteiger partial charge is 0.462 e. The van der Waals surface area contributed by atoms with Gasteiger partial charge in [-0.3, -0.25) is 14.4 Å². The van der Waals surface area contributed by atoms with Gasteiger partial charge in [-0.1, -0.05) is 215 Å². The summed E-state index contributed by atoms with van der Waals surface area (Å²) >= 11 is 0. The Morgan fingerprint density at radius 2 is 0.635 bits per heavy atom. The maximum absolute atomic E-state index is 12.7. The summed E-state index contributed by atoms with van der Waals surface area (Å²) < 4.78 is 16.6. The molecule has 0 amide bonds. The minimum atomic E-state index is -0.776. The molecule has 0 fully saturated rings. The van der Waals surface area contributed by atoms with E-state index in [1.54, 1.807) is 0 Å². The highest BCUT2D eigenvalue weighted by Crippen LogP contribution is 2.14. The van der Waals surface area contributed by atoms with Crippen molar-refractivity contribution in [2.45, 2.75) is 245 Å². The molecule has 6 heteroatoms. The maximum atomic E-state index is 12.7. The standard InChI is InChI=1S/C57H96O6/c1-4-7-10-13-15-17-19-20-21-22-23-24-25-26-27-28-29-30-31-32-33-34-35-36-38-39-41-44-47-50-56(59)62-53-54(52-61-55(58)49-46-43-12-9-6-3)63-57(60)51-48-45-42-40-37-18-16-14-11-8-5-2/h7,10,14-17,20-21,23-24,26-27,29-30,54H,4-6,8-9,11-13,18-19,22,25,28,31-53H2,1-3H3/b10-7-,16-14-,17-15-,21-20-,24-23-,27-26-,30-29-. The number of carbonyl (C=O) groups is 3. The van der Waals surface area contributed by atoms with Crippen LogP contribution < -0.4 is 0 Å². The van der Waals surface area contributed by atoms with Crippen molar-refractivity contribution < 1.29 is 28.6 Å². The van der Waals surface area contributed by atoms with E-state index in [-0.39, 0.29) is 31.1 Å². The molecule has 360 valence electrons. The first-order valence-corrected chi connectivity index (χ1v) is 26.1. The van der Waals surface area contributed by atoms with Crippen LogP contribution in [0.15, 0.2) is 85.1 Å². The zero-order chi connectivity index (χ0) is 45.8. The van der Waals surface area contributed by atoms with E-state index in [9.17, 15) is 14.4 Å². The lowest BCUT2D eigenvalue weighted by Crippen LogP contribution is -2.30. The third-order valence-electron chi connectivity index (χ3n) is 10.9. The van der Waals surface area contributed by atoms with E-state index in [0.29, 0.717) is 19.3 Å². The molecule has 0 saturated carbocycles. The molecule has 0 bridgehead atoms. The van der Waals surface area contributed by atoms with E-state index >= 15 is 0 Å². The van der Waals surface area contributed by atoms with Gasteiger partial charge in [0.1, 0.15) is 13.2 Å². The zero-order valence-electron chi connectivity index (χ0n) is 41.1. The minimum absolute atomic E-state index is 0.0813. The molecule has 0 rings (SSSR count). The topological polar surface area (TPSA) is 78.9 Å². The van der Waals surface area contributed by atoms with Gasteiger partial charge in [0.25, 0.3) is 0 Å². The lowest BCUT2D eigenvalue weighted by Gasteiger charge is -2.18. The van der Waals surface area contributed by atoms with Gasteiger partial charge in [-0.05, 0) is 89.9 Å². The van der Waals surface area contributed by atoms with Crippen molar-refractivity contribution in [2.24, 2.45) is 0 Å². The lowest BCUT2D eigenvalue weighted by molar-refractivity contribution is -0.167. The molecule has 0 radical (unpaired) electrons. The van der Waals surface area contributed by atoms with Crippen LogP contribution in [0.5, 0.6) is 0 Å². The summed E-state index contributed by atoms with van der Waals surface area (Å²) in [4.78, 5) is 37.6. The van der Waals surface area contributed by atoms with Gasteiger partial charge in [-0.15, -0.1) is 0 Å². The van der Waals surface area contributed by atoms with Crippen molar-refractivity contribution in [1.29, 1.82) is 0 Å². The molecular formula is C57H96O6. The second kappa shape index (κ2) is 51.2. The van der Waals surface area contributed by atoms with Crippen molar-refractivity contribution in [1.82, 2.24) is 0 Å². The SMILES string of the molecule is CC/C=C\C/C=C\C/C=C\C/C=C\C/C=C\C/C=C\CCCCCCCCCCCCC(=O)OCC(COC(=O)CCCCCCC)OC(=O)CCCCCCC/C=C\CCCC. The first kappa shape index (κ1) is 59.6. The molecule has 0 aliphatic heterocycles. The number of ether oxygens (including phenoxy) is 3. The number of rotatable bonds is 46. The average Bonchev–Trinajstić information content (AvgIpc) is 3.28. The van der Waals surface area contributed by atoms with Gasteiger partial charge in [0, 0.05) is 19.3 Å². The summed E-state index contributed by atoms with van der Waals surface area (Å²) in [7, 11) is 0. The van der Waals surface area contributed by atoms with Gasteiger partial charge in [0.15, 0.2) is 6.10 Å². The lowest BCUT2D eigenvalue weighted by atomic mass is 10.1. The highest BCUT2D eigenvalue weighted by Gasteiger charge is 2.19. The normalized spacial score (nSPS) is 12.7. The molecule has 0 aliphatic carbocycles. The molecule has 0 heterocycles. The minimum Gasteiger partial charge on any atom is -0.462 e. The predicted octanol–water partition coefficient (Wildman–Crippen LogP) is 17.2. The second-order valence-electron chi connectivity index (χ2n) is 17.1. The van der Waals surface area contributed by atoms with E-state index in [1.807, 2.05) is 0 Å².